The maximum Gasteiger partial charge on any atom is 0.0637 e. The summed E-state index contributed by atoms with van der Waals surface area (Å²) in [7, 11) is 0. The van der Waals surface area contributed by atoms with Gasteiger partial charge in [0.25, 0.3) is 0 Å². The monoisotopic (exact) mass is 406 g/mol. The summed E-state index contributed by atoms with van der Waals surface area (Å²) < 4.78 is 2.05. The minimum atomic E-state index is -0.104. The molecule has 0 nitrogen and oxygen atoms in total. The third kappa shape index (κ3) is 3.74. The van der Waals surface area contributed by atoms with Crippen LogP contribution in [0.25, 0.3) is 0 Å². The molecule has 0 spiro atoms. The molecular formula is C14H10Br2Cl2. The first-order chi connectivity index (χ1) is 8.56. The SMILES string of the molecule is Clc1ccc(Br)c(C(Cl)Cc2cccc(Br)c2)c1. The molecule has 1 unspecified atom stereocenters. The zero-order valence-electron chi connectivity index (χ0n) is 9.34. The molecule has 4 heteroatoms. The van der Waals surface area contributed by atoms with Crippen LogP contribution in [-0.4, -0.2) is 0 Å². The predicted octanol–water partition coefficient (Wildman–Crippen LogP) is 6.39. The van der Waals surface area contributed by atoms with Gasteiger partial charge in [0, 0.05) is 14.0 Å². The van der Waals surface area contributed by atoms with Gasteiger partial charge in [0.05, 0.1) is 5.38 Å². The molecule has 2 aromatic rings. The summed E-state index contributed by atoms with van der Waals surface area (Å²) in [5.41, 5.74) is 2.21. The maximum absolute atomic E-state index is 6.47. The van der Waals surface area contributed by atoms with E-state index >= 15 is 0 Å². The number of benzene rings is 2. The Morgan fingerprint density at radius 3 is 2.56 bits per heavy atom. The maximum atomic E-state index is 6.47. The highest BCUT2D eigenvalue weighted by atomic mass is 79.9. The van der Waals surface area contributed by atoms with Crippen molar-refractivity contribution in [3.05, 3.63) is 67.6 Å². The van der Waals surface area contributed by atoms with Gasteiger partial charge in [0.2, 0.25) is 0 Å². The van der Waals surface area contributed by atoms with Gasteiger partial charge in [0.1, 0.15) is 0 Å². The average Bonchev–Trinajstić information content (AvgIpc) is 2.32. The van der Waals surface area contributed by atoms with Crippen LogP contribution >= 0.6 is 55.1 Å². The molecule has 0 saturated heterocycles. The summed E-state index contributed by atoms with van der Waals surface area (Å²) in [4.78, 5) is 0. The van der Waals surface area contributed by atoms with E-state index in [2.05, 4.69) is 44.0 Å². The van der Waals surface area contributed by atoms with E-state index in [9.17, 15) is 0 Å². The lowest BCUT2D eigenvalue weighted by Gasteiger charge is -2.12. The molecule has 1 atom stereocenters. The van der Waals surface area contributed by atoms with Gasteiger partial charge in [0.15, 0.2) is 0 Å². The third-order valence-electron chi connectivity index (χ3n) is 2.60. The lowest BCUT2D eigenvalue weighted by Crippen LogP contribution is -1.97. The smallest absolute Gasteiger partial charge is 0.0637 e. The van der Waals surface area contributed by atoms with E-state index in [4.69, 9.17) is 23.2 Å². The molecule has 0 aliphatic heterocycles. The lowest BCUT2D eigenvalue weighted by atomic mass is 10.0. The first kappa shape index (κ1) is 14.4. The molecule has 0 heterocycles. The number of alkyl halides is 1. The van der Waals surface area contributed by atoms with Crippen LogP contribution in [-0.2, 0) is 6.42 Å². The van der Waals surface area contributed by atoms with Crippen LogP contribution in [0.2, 0.25) is 5.02 Å². The van der Waals surface area contributed by atoms with Crippen LogP contribution in [0.5, 0.6) is 0 Å². The van der Waals surface area contributed by atoms with E-state index in [-0.39, 0.29) is 5.38 Å². The predicted molar refractivity (Wildman–Crippen MR) is 85.6 cm³/mol. The third-order valence-corrected chi connectivity index (χ3v) is 4.44. The Morgan fingerprint density at radius 2 is 1.83 bits per heavy atom. The van der Waals surface area contributed by atoms with Crippen LogP contribution < -0.4 is 0 Å². The Labute approximate surface area is 134 Å². The Balaban J connectivity index is 2.21. The van der Waals surface area contributed by atoms with Crippen LogP contribution in [0.4, 0.5) is 0 Å². The average molecular weight is 409 g/mol. The zero-order valence-corrected chi connectivity index (χ0v) is 14.0. The Kier molecular flexibility index (Phi) is 5.14. The molecule has 0 bridgehead atoms. The minimum Gasteiger partial charge on any atom is -0.117 e. The van der Waals surface area contributed by atoms with E-state index < -0.39 is 0 Å². The second-order valence-corrected chi connectivity index (χ2v) is 6.70. The molecule has 2 aromatic carbocycles. The van der Waals surface area contributed by atoms with Crippen molar-refractivity contribution in [3.63, 3.8) is 0 Å². The molecule has 18 heavy (non-hydrogen) atoms. The minimum absolute atomic E-state index is 0.104. The molecule has 0 saturated carbocycles. The molecule has 0 aliphatic rings. The second kappa shape index (κ2) is 6.42. The summed E-state index contributed by atoms with van der Waals surface area (Å²) in [6.07, 6.45) is 0.764. The fourth-order valence-electron chi connectivity index (χ4n) is 1.74. The molecule has 94 valence electrons. The molecule has 0 fully saturated rings. The fourth-order valence-corrected chi connectivity index (χ4v) is 3.38. The molecule has 0 radical (unpaired) electrons. The number of hydrogen-bond acceptors (Lipinski definition) is 0. The van der Waals surface area contributed by atoms with E-state index in [1.165, 1.54) is 5.56 Å². The highest BCUT2D eigenvalue weighted by molar-refractivity contribution is 9.10. The van der Waals surface area contributed by atoms with E-state index in [0.717, 1.165) is 20.9 Å². The molecule has 0 N–H and O–H groups in total. The summed E-state index contributed by atoms with van der Waals surface area (Å²) in [5.74, 6) is 0. The summed E-state index contributed by atoms with van der Waals surface area (Å²) in [5, 5.41) is 0.598. The molecule has 0 aromatic heterocycles. The van der Waals surface area contributed by atoms with Crippen molar-refractivity contribution < 1.29 is 0 Å². The van der Waals surface area contributed by atoms with E-state index in [1.807, 2.05) is 30.3 Å². The van der Waals surface area contributed by atoms with Crippen LogP contribution in [0.1, 0.15) is 16.5 Å². The fraction of sp³-hybridized carbons (Fsp3) is 0.143. The number of halogens is 4. The summed E-state index contributed by atoms with van der Waals surface area (Å²) >= 11 is 19.4. The Morgan fingerprint density at radius 1 is 1.06 bits per heavy atom. The van der Waals surface area contributed by atoms with Crippen molar-refractivity contribution in [2.75, 3.05) is 0 Å². The van der Waals surface area contributed by atoms with Crippen molar-refractivity contribution >= 4 is 55.1 Å². The standard InChI is InChI=1S/C14H10Br2Cl2/c15-10-3-1-2-9(6-10)7-14(18)12-8-11(17)4-5-13(12)16/h1-6,8,14H,7H2. The first-order valence-electron chi connectivity index (χ1n) is 5.40. The van der Waals surface area contributed by atoms with Gasteiger partial charge in [-0.05, 0) is 47.9 Å². The quantitative estimate of drug-likeness (QED) is 0.516. The topological polar surface area (TPSA) is 0 Å². The molecule has 0 amide bonds. The second-order valence-electron chi connectivity index (χ2n) is 3.97. The van der Waals surface area contributed by atoms with Crippen molar-refractivity contribution in [2.24, 2.45) is 0 Å². The van der Waals surface area contributed by atoms with Gasteiger partial charge in [-0.1, -0.05) is 55.6 Å². The summed E-state index contributed by atoms with van der Waals surface area (Å²) in [6.45, 7) is 0. The molecule has 0 aliphatic carbocycles. The number of rotatable bonds is 3. The van der Waals surface area contributed by atoms with E-state index in [1.54, 1.807) is 0 Å². The largest absolute Gasteiger partial charge is 0.117 e. The lowest BCUT2D eigenvalue weighted by molar-refractivity contribution is 0.914. The van der Waals surface area contributed by atoms with Crippen molar-refractivity contribution in [3.8, 4) is 0 Å². The summed E-state index contributed by atoms with van der Waals surface area (Å²) in [6, 6.07) is 13.8. The van der Waals surface area contributed by atoms with Gasteiger partial charge in [-0.3, -0.25) is 0 Å². The van der Waals surface area contributed by atoms with Crippen molar-refractivity contribution in [1.29, 1.82) is 0 Å². The molecule has 2 rings (SSSR count). The highest BCUT2D eigenvalue weighted by Gasteiger charge is 2.13. The van der Waals surface area contributed by atoms with Gasteiger partial charge < -0.3 is 0 Å². The van der Waals surface area contributed by atoms with Crippen molar-refractivity contribution in [1.82, 2.24) is 0 Å². The van der Waals surface area contributed by atoms with Crippen LogP contribution in [0.3, 0.4) is 0 Å². The van der Waals surface area contributed by atoms with Crippen molar-refractivity contribution in [2.45, 2.75) is 11.8 Å². The van der Waals surface area contributed by atoms with Gasteiger partial charge in [-0.15, -0.1) is 11.6 Å². The Hall–Kier alpha value is -0.0200. The Bertz CT molecular complexity index is 555. The van der Waals surface area contributed by atoms with Gasteiger partial charge in [-0.25, -0.2) is 0 Å². The van der Waals surface area contributed by atoms with E-state index in [0.29, 0.717) is 5.02 Å². The zero-order chi connectivity index (χ0) is 13.1. The van der Waals surface area contributed by atoms with Gasteiger partial charge in [-0.2, -0.15) is 0 Å². The number of hydrogen-bond donors (Lipinski definition) is 0. The van der Waals surface area contributed by atoms with Crippen LogP contribution in [0, 0.1) is 0 Å². The molecular weight excluding hydrogens is 399 g/mol. The van der Waals surface area contributed by atoms with Crippen LogP contribution in [0.15, 0.2) is 51.4 Å². The normalized spacial score (nSPS) is 12.4. The van der Waals surface area contributed by atoms with Gasteiger partial charge >= 0.3 is 0 Å². The first-order valence-corrected chi connectivity index (χ1v) is 7.80. The highest BCUT2D eigenvalue weighted by Crippen LogP contribution is 2.33.